The number of fused-ring (bicyclic) bond motifs is 1. The second-order valence-electron chi connectivity index (χ2n) is 5.29. The number of nitrogens with one attached hydrogen (secondary N) is 1. The van der Waals surface area contributed by atoms with E-state index >= 15 is 0 Å². The maximum atomic E-state index is 5.31. The van der Waals surface area contributed by atoms with Gasteiger partial charge in [-0.05, 0) is 53.8 Å². The van der Waals surface area contributed by atoms with Crippen LogP contribution in [0, 0.1) is 0 Å². The largest absolute Gasteiger partial charge is 0.497 e. The molecule has 0 heterocycles. The van der Waals surface area contributed by atoms with Gasteiger partial charge in [-0.25, -0.2) is 0 Å². The average Bonchev–Trinajstić information content (AvgIpc) is 2.90. The normalized spacial score (nSPS) is 17.0. The summed E-state index contributed by atoms with van der Waals surface area (Å²) in [4.78, 5) is 0. The molecular formula is C18H21NO. The Hall–Kier alpha value is -1.80. The van der Waals surface area contributed by atoms with Crippen LogP contribution in [-0.4, -0.2) is 13.7 Å². The fourth-order valence-electron chi connectivity index (χ4n) is 3.06. The maximum absolute atomic E-state index is 5.31. The SMILES string of the molecule is CCNC1CCc2cc(-c3cccc(OC)c3)ccc21. The van der Waals surface area contributed by atoms with Gasteiger partial charge in [0.15, 0.2) is 0 Å². The van der Waals surface area contributed by atoms with Crippen LogP contribution in [0.4, 0.5) is 0 Å². The molecular weight excluding hydrogens is 246 g/mol. The Morgan fingerprint density at radius 1 is 1.15 bits per heavy atom. The smallest absolute Gasteiger partial charge is 0.119 e. The molecule has 1 aliphatic carbocycles. The van der Waals surface area contributed by atoms with Gasteiger partial charge in [0.05, 0.1) is 7.11 Å². The molecule has 0 spiro atoms. The van der Waals surface area contributed by atoms with Crippen molar-refractivity contribution in [2.75, 3.05) is 13.7 Å². The van der Waals surface area contributed by atoms with Crippen LogP contribution in [0.3, 0.4) is 0 Å². The van der Waals surface area contributed by atoms with Crippen molar-refractivity contribution in [2.45, 2.75) is 25.8 Å². The summed E-state index contributed by atoms with van der Waals surface area (Å²) >= 11 is 0. The quantitative estimate of drug-likeness (QED) is 0.905. The zero-order valence-electron chi connectivity index (χ0n) is 12.1. The summed E-state index contributed by atoms with van der Waals surface area (Å²) < 4.78 is 5.31. The highest BCUT2D eigenvalue weighted by atomic mass is 16.5. The van der Waals surface area contributed by atoms with Crippen LogP contribution in [0.25, 0.3) is 11.1 Å². The Kier molecular flexibility index (Phi) is 3.75. The highest BCUT2D eigenvalue weighted by Gasteiger charge is 2.21. The van der Waals surface area contributed by atoms with Crippen LogP contribution < -0.4 is 10.1 Å². The summed E-state index contributed by atoms with van der Waals surface area (Å²) in [6, 6.07) is 15.6. The number of hydrogen-bond donors (Lipinski definition) is 1. The van der Waals surface area contributed by atoms with E-state index in [0.717, 1.165) is 12.3 Å². The second-order valence-corrected chi connectivity index (χ2v) is 5.29. The first-order valence-corrected chi connectivity index (χ1v) is 7.32. The van der Waals surface area contributed by atoms with E-state index < -0.39 is 0 Å². The van der Waals surface area contributed by atoms with Gasteiger partial charge in [-0.3, -0.25) is 0 Å². The summed E-state index contributed by atoms with van der Waals surface area (Å²) in [5, 5.41) is 3.56. The standard InChI is InChI=1S/C18H21NO/c1-3-19-18-10-8-15-11-14(7-9-17(15)18)13-5-4-6-16(12-13)20-2/h4-7,9,11-12,18-19H,3,8,10H2,1-2H3. The molecule has 3 rings (SSSR count). The minimum absolute atomic E-state index is 0.536. The average molecular weight is 267 g/mol. The first kappa shape index (κ1) is 13.2. The Morgan fingerprint density at radius 2 is 2.00 bits per heavy atom. The summed E-state index contributed by atoms with van der Waals surface area (Å²) in [6.45, 7) is 3.20. The van der Waals surface area contributed by atoms with Crippen molar-refractivity contribution in [3.05, 3.63) is 53.6 Å². The molecule has 2 nitrogen and oxygen atoms in total. The molecule has 1 N–H and O–H groups in total. The van der Waals surface area contributed by atoms with Gasteiger partial charge in [-0.15, -0.1) is 0 Å². The fraction of sp³-hybridized carbons (Fsp3) is 0.333. The predicted octanol–water partition coefficient (Wildman–Crippen LogP) is 3.96. The minimum Gasteiger partial charge on any atom is -0.497 e. The molecule has 0 amide bonds. The first-order chi connectivity index (χ1) is 9.81. The Morgan fingerprint density at radius 3 is 2.80 bits per heavy atom. The molecule has 0 aliphatic heterocycles. The van der Waals surface area contributed by atoms with Crippen molar-refractivity contribution in [1.82, 2.24) is 5.32 Å². The van der Waals surface area contributed by atoms with Gasteiger partial charge in [0.1, 0.15) is 5.75 Å². The molecule has 0 saturated heterocycles. The highest BCUT2D eigenvalue weighted by Crippen LogP contribution is 2.34. The Balaban J connectivity index is 1.93. The van der Waals surface area contributed by atoms with Gasteiger partial charge in [0, 0.05) is 6.04 Å². The van der Waals surface area contributed by atoms with Crippen molar-refractivity contribution in [3.63, 3.8) is 0 Å². The molecule has 1 aliphatic rings. The number of aryl methyl sites for hydroxylation is 1. The van der Waals surface area contributed by atoms with E-state index in [0.29, 0.717) is 6.04 Å². The lowest BCUT2D eigenvalue weighted by atomic mass is 9.99. The molecule has 20 heavy (non-hydrogen) atoms. The fourth-order valence-corrected chi connectivity index (χ4v) is 3.06. The molecule has 0 bridgehead atoms. The van der Waals surface area contributed by atoms with E-state index in [9.17, 15) is 0 Å². The van der Waals surface area contributed by atoms with E-state index in [2.05, 4.69) is 42.6 Å². The Bertz CT molecular complexity index is 606. The predicted molar refractivity (Wildman–Crippen MR) is 83.2 cm³/mol. The van der Waals surface area contributed by atoms with Crippen molar-refractivity contribution >= 4 is 0 Å². The zero-order chi connectivity index (χ0) is 13.9. The number of methoxy groups -OCH3 is 1. The lowest BCUT2D eigenvalue weighted by Gasteiger charge is -2.13. The van der Waals surface area contributed by atoms with Crippen LogP contribution in [0.15, 0.2) is 42.5 Å². The van der Waals surface area contributed by atoms with Gasteiger partial charge in [-0.1, -0.05) is 37.3 Å². The number of rotatable bonds is 4. The molecule has 1 unspecified atom stereocenters. The molecule has 104 valence electrons. The van der Waals surface area contributed by atoms with Crippen molar-refractivity contribution < 1.29 is 4.74 Å². The molecule has 0 aromatic heterocycles. The summed E-state index contributed by atoms with van der Waals surface area (Å²) in [5.41, 5.74) is 5.45. The summed E-state index contributed by atoms with van der Waals surface area (Å²) in [7, 11) is 1.71. The van der Waals surface area contributed by atoms with Crippen LogP contribution >= 0.6 is 0 Å². The van der Waals surface area contributed by atoms with E-state index in [4.69, 9.17) is 4.74 Å². The van der Waals surface area contributed by atoms with Crippen molar-refractivity contribution in [1.29, 1.82) is 0 Å². The molecule has 0 fully saturated rings. The van der Waals surface area contributed by atoms with Crippen molar-refractivity contribution in [2.24, 2.45) is 0 Å². The number of benzene rings is 2. The van der Waals surface area contributed by atoms with Gasteiger partial charge in [0.25, 0.3) is 0 Å². The molecule has 2 aromatic carbocycles. The van der Waals surface area contributed by atoms with Gasteiger partial charge in [0.2, 0.25) is 0 Å². The minimum atomic E-state index is 0.536. The Labute approximate surface area is 120 Å². The van der Waals surface area contributed by atoms with Gasteiger partial charge < -0.3 is 10.1 Å². The van der Waals surface area contributed by atoms with E-state index in [1.54, 1.807) is 7.11 Å². The lowest BCUT2D eigenvalue weighted by Crippen LogP contribution is -2.18. The van der Waals surface area contributed by atoms with Crippen LogP contribution in [0.1, 0.15) is 30.5 Å². The van der Waals surface area contributed by atoms with Crippen LogP contribution in [-0.2, 0) is 6.42 Å². The molecule has 0 radical (unpaired) electrons. The molecule has 2 heteroatoms. The highest BCUT2D eigenvalue weighted by molar-refractivity contribution is 5.67. The summed E-state index contributed by atoms with van der Waals surface area (Å²) in [6.07, 6.45) is 2.38. The molecule has 1 atom stereocenters. The number of hydrogen-bond acceptors (Lipinski definition) is 2. The maximum Gasteiger partial charge on any atom is 0.119 e. The number of ether oxygens (including phenoxy) is 1. The molecule has 0 saturated carbocycles. The summed E-state index contributed by atoms with van der Waals surface area (Å²) in [5.74, 6) is 0.911. The van der Waals surface area contributed by atoms with E-state index in [1.165, 1.54) is 35.1 Å². The van der Waals surface area contributed by atoms with Gasteiger partial charge in [-0.2, -0.15) is 0 Å². The molecule has 2 aromatic rings. The van der Waals surface area contributed by atoms with Crippen LogP contribution in [0.5, 0.6) is 5.75 Å². The zero-order valence-corrected chi connectivity index (χ0v) is 12.1. The van der Waals surface area contributed by atoms with E-state index in [1.807, 2.05) is 12.1 Å². The third-order valence-electron chi connectivity index (χ3n) is 4.07. The van der Waals surface area contributed by atoms with Crippen LogP contribution in [0.2, 0.25) is 0 Å². The third-order valence-corrected chi connectivity index (χ3v) is 4.07. The first-order valence-electron chi connectivity index (χ1n) is 7.32. The monoisotopic (exact) mass is 267 g/mol. The van der Waals surface area contributed by atoms with E-state index in [-0.39, 0.29) is 0 Å². The van der Waals surface area contributed by atoms with Crippen molar-refractivity contribution in [3.8, 4) is 16.9 Å². The lowest BCUT2D eigenvalue weighted by molar-refractivity contribution is 0.415. The third kappa shape index (κ3) is 2.44. The van der Waals surface area contributed by atoms with Gasteiger partial charge >= 0.3 is 0 Å². The topological polar surface area (TPSA) is 21.3 Å². The second kappa shape index (κ2) is 5.68.